The number of anilines is 1. The highest BCUT2D eigenvalue weighted by atomic mass is 127. The molecule has 156 valence electrons. The second kappa shape index (κ2) is 9.16. The van der Waals surface area contributed by atoms with Crippen molar-refractivity contribution in [2.24, 2.45) is 0 Å². The Bertz CT molecular complexity index is 1030. The summed E-state index contributed by atoms with van der Waals surface area (Å²) in [6, 6.07) is 9.03. The van der Waals surface area contributed by atoms with Crippen LogP contribution in [0.15, 0.2) is 42.0 Å². The van der Waals surface area contributed by atoms with Crippen LogP contribution in [0.5, 0.6) is 17.2 Å². The van der Waals surface area contributed by atoms with Crippen molar-refractivity contribution in [2.75, 3.05) is 25.7 Å². The molecule has 1 heterocycles. The van der Waals surface area contributed by atoms with Gasteiger partial charge < -0.3 is 14.2 Å². The summed E-state index contributed by atoms with van der Waals surface area (Å²) in [5.74, 6) is 0.123. The van der Waals surface area contributed by atoms with Gasteiger partial charge in [-0.15, -0.1) is 0 Å². The van der Waals surface area contributed by atoms with E-state index in [9.17, 15) is 14.4 Å². The first kappa shape index (κ1) is 21.6. The number of barbiturate groups is 1. The number of rotatable bonds is 6. The summed E-state index contributed by atoms with van der Waals surface area (Å²) >= 11 is 2.07. The molecular weight excluding hydrogens is 503 g/mol. The monoisotopic (exact) mass is 522 g/mol. The van der Waals surface area contributed by atoms with Crippen molar-refractivity contribution in [3.8, 4) is 17.2 Å². The molecule has 1 saturated heterocycles. The van der Waals surface area contributed by atoms with E-state index in [1.807, 2.05) is 6.92 Å². The van der Waals surface area contributed by atoms with Crippen LogP contribution in [0.3, 0.4) is 0 Å². The molecular formula is C21H19IN2O6. The lowest BCUT2D eigenvalue weighted by molar-refractivity contribution is -0.122. The van der Waals surface area contributed by atoms with E-state index >= 15 is 0 Å². The number of hydrogen-bond acceptors (Lipinski definition) is 6. The van der Waals surface area contributed by atoms with Crippen LogP contribution >= 0.6 is 22.6 Å². The van der Waals surface area contributed by atoms with Gasteiger partial charge >= 0.3 is 6.03 Å². The quantitative estimate of drug-likeness (QED) is 0.355. The molecule has 1 aliphatic rings. The molecule has 3 rings (SSSR count). The molecule has 0 radical (unpaired) electrons. The lowest BCUT2D eigenvalue weighted by atomic mass is 10.1. The molecule has 8 nitrogen and oxygen atoms in total. The number of imide groups is 2. The highest BCUT2D eigenvalue weighted by molar-refractivity contribution is 14.1. The van der Waals surface area contributed by atoms with Crippen molar-refractivity contribution in [3.63, 3.8) is 0 Å². The molecule has 4 amide bonds. The maximum atomic E-state index is 13.0. The number of halogens is 1. The highest BCUT2D eigenvalue weighted by Gasteiger charge is 2.36. The fraction of sp³-hybridized carbons (Fsp3) is 0.190. The van der Waals surface area contributed by atoms with Crippen LogP contribution in [-0.4, -0.2) is 38.7 Å². The van der Waals surface area contributed by atoms with Crippen LogP contribution < -0.4 is 24.4 Å². The van der Waals surface area contributed by atoms with Crippen LogP contribution in [0, 0.1) is 3.57 Å². The molecule has 2 aromatic rings. The number of amides is 4. The van der Waals surface area contributed by atoms with Gasteiger partial charge in [0, 0.05) is 0 Å². The van der Waals surface area contributed by atoms with Crippen LogP contribution in [-0.2, 0) is 9.59 Å². The predicted octanol–water partition coefficient (Wildman–Crippen LogP) is 3.37. The molecule has 0 unspecified atom stereocenters. The third-order valence-corrected chi connectivity index (χ3v) is 5.08. The number of nitrogens with one attached hydrogen (secondary N) is 1. The SMILES string of the molecule is CCOc1ccc(N2C(=O)NC(=O)/C(=C\c3cc(I)c(OC)c(OC)c3)C2=O)cc1. The summed E-state index contributed by atoms with van der Waals surface area (Å²) in [5.41, 5.74) is 0.698. The van der Waals surface area contributed by atoms with Crippen molar-refractivity contribution in [1.82, 2.24) is 5.32 Å². The molecule has 0 aliphatic carbocycles. The summed E-state index contributed by atoms with van der Waals surface area (Å²) in [7, 11) is 3.02. The van der Waals surface area contributed by atoms with Crippen molar-refractivity contribution in [1.29, 1.82) is 0 Å². The summed E-state index contributed by atoms with van der Waals surface area (Å²) in [6.07, 6.45) is 1.41. The average molecular weight is 522 g/mol. The van der Waals surface area contributed by atoms with E-state index in [2.05, 4.69) is 27.9 Å². The normalized spacial score (nSPS) is 15.3. The number of ether oxygens (including phenoxy) is 3. The molecule has 0 saturated carbocycles. The number of benzene rings is 2. The summed E-state index contributed by atoms with van der Waals surface area (Å²) in [6.45, 7) is 2.35. The zero-order valence-electron chi connectivity index (χ0n) is 16.5. The highest BCUT2D eigenvalue weighted by Crippen LogP contribution is 2.34. The van der Waals surface area contributed by atoms with Crippen LogP contribution in [0.25, 0.3) is 6.08 Å². The van der Waals surface area contributed by atoms with E-state index in [1.165, 1.54) is 20.3 Å². The van der Waals surface area contributed by atoms with Gasteiger partial charge in [-0.1, -0.05) is 0 Å². The van der Waals surface area contributed by atoms with Gasteiger partial charge in [0.2, 0.25) is 0 Å². The fourth-order valence-electron chi connectivity index (χ4n) is 2.94. The van der Waals surface area contributed by atoms with E-state index in [4.69, 9.17) is 14.2 Å². The Labute approximate surface area is 186 Å². The van der Waals surface area contributed by atoms with Gasteiger partial charge in [-0.25, -0.2) is 9.69 Å². The minimum atomic E-state index is -0.812. The average Bonchev–Trinajstić information content (AvgIpc) is 2.72. The molecule has 1 aliphatic heterocycles. The molecule has 0 spiro atoms. The van der Waals surface area contributed by atoms with E-state index < -0.39 is 17.8 Å². The standard InChI is InChI=1S/C21H19IN2O6/c1-4-30-14-7-5-13(6-8-14)24-20(26)15(19(25)23-21(24)27)9-12-10-16(22)18(29-3)17(11-12)28-2/h5-11H,4H2,1-3H3,(H,23,25,27)/b15-9+. The van der Waals surface area contributed by atoms with E-state index in [0.717, 1.165) is 8.47 Å². The third-order valence-electron chi connectivity index (χ3n) is 4.27. The van der Waals surface area contributed by atoms with Crippen LogP contribution in [0.1, 0.15) is 12.5 Å². The molecule has 0 bridgehead atoms. The number of hydrogen-bond donors (Lipinski definition) is 1. The van der Waals surface area contributed by atoms with Crippen LogP contribution in [0.2, 0.25) is 0 Å². The Morgan fingerprint density at radius 1 is 1.07 bits per heavy atom. The first-order valence-corrected chi connectivity index (χ1v) is 10.0. The lowest BCUT2D eigenvalue weighted by Crippen LogP contribution is -2.54. The largest absolute Gasteiger partial charge is 0.494 e. The van der Waals surface area contributed by atoms with Gasteiger partial charge in [-0.3, -0.25) is 14.9 Å². The molecule has 0 aromatic heterocycles. The minimum absolute atomic E-state index is 0.175. The third kappa shape index (κ3) is 4.25. The Kier molecular flexibility index (Phi) is 6.60. The molecule has 2 aromatic carbocycles. The number of urea groups is 1. The minimum Gasteiger partial charge on any atom is -0.494 e. The number of carbonyl (C=O) groups excluding carboxylic acids is 3. The first-order chi connectivity index (χ1) is 14.4. The second-order valence-corrected chi connectivity index (χ2v) is 7.29. The summed E-state index contributed by atoms with van der Waals surface area (Å²) in [4.78, 5) is 38.6. The second-order valence-electron chi connectivity index (χ2n) is 6.12. The smallest absolute Gasteiger partial charge is 0.335 e. The zero-order chi connectivity index (χ0) is 21.8. The summed E-state index contributed by atoms with van der Waals surface area (Å²) < 4.78 is 16.7. The van der Waals surface area contributed by atoms with E-state index in [0.29, 0.717) is 35.1 Å². The Hall–Kier alpha value is -3.08. The predicted molar refractivity (Wildman–Crippen MR) is 119 cm³/mol. The number of nitrogens with zero attached hydrogens (tertiary/aromatic N) is 1. The molecule has 9 heteroatoms. The van der Waals surface area contributed by atoms with Gasteiger partial charge in [0.05, 0.1) is 30.1 Å². The van der Waals surface area contributed by atoms with Crippen molar-refractivity contribution < 1.29 is 28.6 Å². The topological polar surface area (TPSA) is 94.2 Å². The van der Waals surface area contributed by atoms with Crippen molar-refractivity contribution in [2.45, 2.75) is 6.92 Å². The molecule has 1 fully saturated rings. The molecule has 30 heavy (non-hydrogen) atoms. The maximum Gasteiger partial charge on any atom is 0.335 e. The first-order valence-electron chi connectivity index (χ1n) is 8.95. The number of methoxy groups -OCH3 is 2. The van der Waals surface area contributed by atoms with Crippen LogP contribution in [0.4, 0.5) is 10.5 Å². The Morgan fingerprint density at radius 3 is 2.37 bits per heavy atom. The van der Waals surface area contributed by atoms with Crippen molar-refractivity contribution >= 4 is 52.2 Å². The van der Waals surface area contributed by atoms with E-state index in [1.54, 1.807) is 36.4 Å². The molecule has 1 N–H and O–H groups in total. The van der Waals surface area contributed by atoms with Crippen molar-refractivity contribution in [3.05, 3.63) is 51.1 Å². The molecule has 0 atom stereocenters. The fourth-order valence-corrected chi connectivity index (χ4v) is 3.78. The maximum absolute atomic E-state index is 13.0. The van der Waals surface area contributed by atoms with E-state index in [-0.39, 0.29) is 5.57 Å². The Morgan fingerprint density at radius 2 is 1.77 bits per heavy atom. The van der Waals surface area contributed by atoms with Gasteiger partial charge in [0.25, 0.3) is 11.8 Å². The van der Waals surface area contributed by atoms with Gasteiger partial charge in [0.1, 0.15) is 11.3 Å². The number of carbonyl (C=O) groups is 3. The lowest BCUT2D eigenvalue weighted by Gasteiger charge is -2.26. The zero-order valence-corrected chi connectivity index (χ0v) is 18.7. The Balaban J connectivity index is 1.99. The van der Waals surface area contributed by atoms with Gasteiger partial charge in [-0.2, -0.15) is 0 Å². The van der Waals surface area contributed by atoms with Gasteiger partial charge in [0.15, 0.2) is 11.5 Å². The summed E-state index contributed by atoms with van der Waals surface area (Å²) in [5, 5.41) is 2.20. The van der Waals surface area contributed by atoms with Gasteiger partial charge in [-0.05, 0) is 77.6 Å².